The summed E-state index contributed by atoms with van der Waals surface area (Å²) < 4.78 is 38.9. The van der Waals surface area contributed by atoms with Gasteiger partial charge in [0, 0.05) is 0 Å². The van der Waals surface area contributed by atoms with E-state index in [4.69, 9.17) is 9.47 Å². The number of nitrogens with zero attached hydrogens (tertiary/aromatic N) is 1. The van der Waals surface area contributed by atoms with Crippen LogP contribution in [0.4, 0.5) is 5.69 Å². The predicted octanol–water partition coefficient (Wildman–Crippen LogP) is 3.36. The van der Waals surface area contributed by atoms with Gasteiger partial charge < -0.3 is 9.47 Å². The van der Waals surface area contributed by atoms with E-state index in [1.807, 2.05) is 24.3 Å². The summed E-state index contributed by atoms with van der Waals surface area (Å²) in [6.07, 6.45) is -0.0996. The Hall–Kier alpha value is -3.06. The van der Waals surface area contributed by atoms with Crippen LogP contribution in [0, 0.1) is 0 Å². The molecule has 7 heteroatoms. The van der Waals surface area contributed by atoms with Gasteiger partial charge in [0.2, 0.25) is 0 Å². The second-order valence-corrected chi connectivity index (χ2v) is 8.34. The molecule has 6 nitrogen and oxygen atoms in total. The van der Waals surface area contributed by atoms with Gasteiger partial charge in [0.15, 0.2) is 0 Å². The fraction of sp³-hybridized carbons (Fsp3) is 0.190. The van der Waals surface area contributed by atoms with E-state index in [1.54, 1.807) is 42.5 Å². The van der Waals surface area contributed by atoms with Gasteiger partial charge in [-0.15, -0.1) is 0 Å². The minimum atomic E-state index is -3.92. The van der Waals surface area contributed by atoms with Crippen LogP contribution < -0.4 is 9.04 Å². The number of fused-ring (bicyclic) bond motifs is 2. The highest BCUT2D eigenvalue weighted by molar-refractivity contribution is 7.92. The highest BCUT2D eigenvalue weighted by Gasteiger charge is 2.38. The number of anilines is 1. The zero-order valence-electron chi connectivity index (χ0n) is 15.2. The monoisotopic (exact) mass is 397 g/mol. The van der Waals surface area contributed by atoms with Crippen molar-refractivity contribution in [2.75, 3.05) is 18.0 Å². The first-order valence-corrected chi connectivity index (χ1v) is 10.3. The lowest BCUT2D eigenvalue weighted by atomic mass is 10.1. The summed E-state index contributed by atoms with van der Waals surface area (Å²) in [6, 6.07) is 18.8. The number of esters is 1. The molecule has 0 saturated heterocycles. The van der Waals surface area contributed by atoms with Crippen LogP contribution in [0.15, 0.2) is 71.6 Å². The highest BCUT2D eigenvalue weighted by Crippen LogP contribution is 2.38. The Bertz CT molecular complexity index is 1140. The number of hydrogen-bond donors (Lipinski definition) is 0. The topological polar surface area (TPSA) is 72.9 Å². The molecule has 1 aliphatic rings. The Kier molecular flexibility index (Phi) is 4.68. The molecule has 0 aliphatic carbocycles. The number of sulfonamides is 1. The average Bonchev–Trinajstić information content (AvgIpc) is 2.72. The lowest BCUT2D eigenvalue weighted by Crippen LogP contribution is -2.47. The van der Waals surface area contributed by atoms with Crippen LogP contribution in [-0.4, -0.2) is 34.1 Å². The van der Waals surface area contributed by atoms with E-state index in [9.17, 15) is 13.2 Å². The van der Waals surface area contributed by atoms with Gasteiger partial charge in [0.1, 0.15) is 12.4 Å². The smallest absolute Gasteiger partial charge is 0.307 e. The quantitative estimate of drug-likeness (QED) is 0.631. The van der Waals surface area contributed by atoms with Gasteiger partial charge in [-0.05, 0) is 35.0 Å². The van der Waals surface area contributed by atoms with Crippen LogP contribution >= 0.6 is 0 Å². The number of ether oxygens (including phenoxy) is 2. The van der Waals surface area contributed by atoms with Crippen molar-refractivity contribution in [1.82, 2.24) is 0 Å². The van der Waals surface area contributed by atoms with E-state index in [-0.39, 0.29) is 17.9 Å². The number of carbonyl (C=O) groups is 1. The molecular formula is C21H19NO5S. The molecule has 28 heavy (non-hydrogen) atoms. The molecule has 144 valence electrons. The fourth-order valence-corrected chi connectivity index (χ4v) is 5.08. The van der Waals surface area contributed by atoms with Crippen molar-refractivity contribution in [3.05, 3.63) is 66.7 Å². The predicted molar refractivity (Wildman–Crippen MR) is 106 cm³/mol. The maximum atomic E-state index is 13.6. The SMILES string of the molecule is COC(=O)CC1COc2ccccc2N1S(=O)(=O)c1ccc2ccccc2c1. The van der Waals surface area contributed by atoms with Gasteiger partial charge in [-0.25, -0.2) is 8.42 Å². The van der Waals surface area contributed by atoms with Crippen molar-refractivity contribution in [3.63, 3.8) is 0 Å². The Balaban J connectivity index is 1.84. The van der Waals surface area contributed by atoms with Crippen LogP contribution in [-0.2, 0) is 19.6 Å². The van der Waals surface area contributed by atoms with E-state index in [0.717, 1.165) is 10.8 Å². The lowest BCUT2D eigenvalue weighted by Gasteiger charge is -2.37. The molecule has 0 N–H and O–H groups in total. The molecule has 1 aliphatic heterocycles. The average molecular weight is 397 g/mol. The van der Waals surface area contributed by atoms with Gasteiger partial charge in [-0.3, -0.25) is 9.10 Å². The molecule has 0 radical (unpaired) electrons. The van der Waals surface area contributed by atoms with Gasteiger partial charge in [0.25, 0.3) is 10.0 Å². The van der Waals surface area contributed by atoms with Crippen LogP contribution in [0.2, 0.25) is 0 Å². The Morgan fingerprint density at radius 1 is 1.07 bits per heavy atom. The number of hydrogen-bond acceptors (Lipinski definition) is 5. The Morgan fingerprint density at radius 2 is 1.79 bits per heavy atom. The zero-order chi connectivity index (χ0) is 19.7. The van der Waals surface area contributed by atoms with E-state index in [2.05, 4.69) is 0 Å². The van der Waals surface area contributed by atoms with Gasteiger partial charge in [-0.2, -0.15) is 0 Å². The van der Waals surface area contributed by atoms with Crippen molar-refractivity contribution < 1.29 is 22.7 Å². The summed E-state index contributed by atoms with van der Waals surface area (Å²) in [5, 5.41) is 1.78. The van der Waals surface area contributed by atoms with Gasteiger partial charge in [0.05, 0.1) is 30.2 Å². The number of para-hydroxylation sites is 2. The Labute approximate surface area is 163 Å². The van der Waals surface area contributed by atoms with Crippen molar-refractivity contribution >= 4 is 32.5 Å². The van der Waals surface area contributed by atoms with Crippen LogP contribution in [0.3, 0.4) is 0 Å². The third-order valence-electron chi connectivity index (χ3n) is 4.77. The molecule has 3 aromatic carbocycles. The van der Waals surface area contributed by atoms with Crippen molar-refractivity contribution in [2.45, 2.75) is 17.4 Å². The summed E-state index contributed by atoms with van der Waals surface area (Å²) >= 11 is 0. The minimum absolute atomic E-state index is 0.0684. The molecular weight excluding hydrogens is 378 g/mol. The maximum Gasteiger partial charge on any atom is 0.307 e. The van der Waals surface area contributed by atoms with Gasteiger partial charge in [-0.1, -0.05) is 42.5 Å². The van der Waals surface area contributed by atoms with E-state index in [1.165, 1.54) is 11.4 Å². The molecule has 1 heterocycles. The molecule has 0 bridgehead atoms. The normalized spacial score (nSPS) is 16.3. The van der Waals surface area contributed by atoms with E-state index in [0.29, 0.717) is 11.4 Å². The highest BCUT2D eigenvalue weighted by atomic mass is 32.2. The van der Waals surface area contributed by atoms with Crippen LogP contribution in [0.1, 0.15) is 6.42 Å². The molecule has 4 rings (SSSR count). The minimum Gasteiger partial charge on any atom is -0.489 e. The number of carbonyl (C=O) groups excluding carboxylic acids is 1. The summed E-state index contributed by atoms with van der Waals surface area (Å²) in [6.45, 7) is 0.0684. The molecule has 3 aromatic rings. The molecule has 0 fully saturated rings. The third kappa shape index (κ3) is 3.18. The van der Waals surface area contributed by atoms with E-state index < -0.39 is 22.0 Å². The summed E-state index contributed by atoms with van der Waals surface area (Å²) in [5.41, 5.74) is 0.413. The third-order valence-corrected chi connectivity index (χ3v) is 6.64. The van der Waals surface area contributed by atoms with Crippen LogP contribution in [0.25, 0.3) is 10.8 Å². The Morgan fingerprint density at radius 3 is 2.57 bits per heavy atom. The first-order chi connectivity index (χ1) is 13.5. The number of benzene rings is 3. The van der Waals surface area contributed by atoms with Gasteiger partial charge >= 0.3 is 5.97 Å². The summed E-state index contributed by atoms with van der Waals surface area (Å²) in [4.78, 5) is 12.0. The molecule has 0 aromatic heterocycles. The fourth-order valence-electron chi connectivity index (χ4n) is 3.40. The molecule has 0 amide bonds. The second-order valence-electron chi connectivity index (χ2n) is 6.52. The summed E-state index contributed by atoms with van der Waals surface area (Å²) in [5.74, 6) is -0.0281. The maximum absolute atomic E-state index is 13.6. The second kappa shape index (κ2) is 7.16. The van der Waals surface area contributed by atoms with Crippen LogP contribution in [0.5, 0.6) is 5.75 Å². The zero-order valence-corrected chi connectivity index (χ0v) is 16.1. The lowest BCUT2D eigenvalue weighted by molar-refractivity contribution is -0.141. The van der Waals surface area contributed by atoms with Crippen molar-refractivity contribution in [2.24, 2.45) is 0 Å². The molecule has 0 saturated carbocycles. The number of rotatable bonds is 4. The standard InChI is InChI=1S/C21H19NO5S/c1-26-21(23)13-17-14-27-20-9-5-4-8-19(20)22(17)28(24,25)18-11-10-15-6-2-3-7-16(15)12-18/h2-12,17H,13-14H2,1H3. The molecule has 1 atom stereocenters. The first kappa shape index (κ1) is 18.3. The summed E-state index contributed by atoms with van der Waals surface area (Å²) in [7, 11) is -2.64. The van der Waals surface area contributed by atoms with E-state index >= 15 is 0 Å². The largest absolute Gasteiger partial charge is 0.489 e. The molecule has 0 spiro atoms. The number of methoxy groups -OCH3 is 1. The molecule has 1 unspecified atom stereocenters. The van der Waals surface area contributed by atoms with Crippen molar-refractivity contribution in [1.29, 1.82) is 0 Å². The first-order valence-electron chi connectivity index (χ1n) is 8.82. The van der Waals surface area contributed by atoms with Crippen molar-refractivity contribution in [3.8, 4) is 5.75 Å².